The Labute approximate surface area is 198 Å². The van der Waals surface area contributed by atoms with Gasteiger partial charge in [0.15, 0.2) is 17.4 Å². The Morgan fingerprint density at radius 2 is 1.74 bits per heavy atom. The molecule has 4 aromatic rings. The Hall–Kier alpha value is -3.93. The van der Waals surface area contributed by atoms with E-state index >= 15 is 0 Å². The summed E-state index contributed by atoms with van der Waals surface area (Å²) < 4.78 is 11.8. The van der Waals surface area contributed by atoms with Gasteiger partial charge in [-0.25, -0.2) is 9.78 Å². The molecule has 1 aliphatic heterocycles. The van der Waals surface area contributed by atoms with E-state index in [-0.39, 0.29) is 12.0 Å². The number of aromatic nitrogens is 2. The van der Waals surface area contributed by atoms with E-state index in [1.54, 1.807) is 17.2 Å². The molecule has 0 spiro atoms. The molecule has 1 aliphatic carbocycles. The van der Waals surface area contributed by atoms with Crippen molar-refractivity contribution in [2.24, 2.45) is 0 Å². The Bertz CT molecular complexity index is 1350. The van der Waals surface area contributed by atoms with Crippen molar-refractivity contribution in [3.63, 3.8) is 0 Å². The van der Waals surface area contributed by atoms with Gasteiger partial charge in [0, 0.05) is 30.3 Å². The van der Waals surface area contributed by atoms with Crippen molar-refractivity contribution in [1.29, 1.82) is 0 Å². The Kier molecular flexibility index (Phi) is 5.13. The number of carbonyl (C=O) groups is 1. The molecule has 2 aromatic carbocycles. The average Bonchev–Trinajstić information content (AvgIpc) is 3.51. The second-order valence-electron chi connectivity index (χ2n) is 9.00. The monoisotopic (exact) mass is 451 g/mol. The summed E-state index contributed by atoms with van der Waals surface area (Å²) in [7, 11) is 0. The summed E-state index contributed by atoms with van der Waals surface area (Å²) in [5.74, 6) is 2.20. The molecule has 6 rings (SSSR count). The second kappa shape index (κ2) is 8.45. The molecule has 1 amide bonds. The van der Waals surface area contributed by atoms with Crippen molar-refractivity contribution in [2.45, 2.75) is 32.1 Å². The molecule has 34 heavy (non-hydrogen) atoms. The van der Waals surface area contributed by atoms with Crippen molar-refractivity contribution >= 4 is 6.09 Å². The lowest BCUT2D eigenvalue weighted by Crippen LogP contribution is -2.39. The van der Waals surface area contributed by atoms with Crippen molar-refractivity contribution in [1.82, 2.24) is 14.9 Å². The zero-order chi connectivity index (χ0) is 23.1. The van der Waals surface area contributed by atoms with Crippen LogP contribution in [0.1, 0.15) is 41.5 Å². The number of benzene rings is 2. The quantitative estimate of drug-likeness (QED) is 0.337. The van der Waals surface area contributed by atoms with Crippen LogP contribution in [0, 0.1) is 6.92 Å². The van der Waals surface area contributed by atoms with Gasteiger partial charge in [0.1, 0.15) is 0 Å². The highest BCUT2D eigenvalue weighted by Gasteiger charge is 2.29. The summed E-state index contributed by atoms with van der Waals surface area (Å²) in [5.41, 5.74) is 7.19. The number of amides is 1. The summed E-state index contributed by atoms with van der Waals surface area (Å²) in [6.07, 6.45) is 5.61. The van der Waals surface area contributed by atoms with Crippen LogP contribution in [0.4, 0.5) is 4.79 Å². The molecule has 2 aromatic heterocycles. The summed E-state index contributed by atoms with van der Waals surface area (Å²) in [5, 5.41) is 0. The van der Waals surface area contributed by atoms with E-state index in [9.17, 15) is 4.79 Å². The number of carbonyl (C=O) groups excluding carboxylic acids is 1. The standard InChI is InChI=1S/C28H25N3O3/c1-18-9-10-22(16-29-18)33-28(32)31-13-11-19(12-14-31)27-30-17-25(34-27)24-8-4-6-21-15-20-5-2-3-7-23(20)26(21)24/h2-10,16-17,19H,11-15H2,1H3. The van der Waals surface area contributed by atoms with E-state index in [2.05, 4.69) is 52.4 Å². The number of oxazole rings is 1. The number of pyridine rings is 1. The first kappa shape index (κ1) is 20.7. The molecule has 1 fully saturated rings. The van der Waals surface area contributed by atoms with E-state index in [0.717, 1.165) is 42.2 Å². The normalized spacial score (nSPS) is 15.1. The average molecular weight is 452 g/mol. The van der Waals surface area contributed by atoms with E-state index in [1.807, 2.05) is 19.2 Å². The number of piperidine rings is 1. The van der Waals surface area contributed by atoms with Gasteiger partial charge in [-0.2, -0.15) is 0 Å². The van der Waals surface area contributed by atoms with Crippen LogP contribution < -0.4 is 4.74 Å². The van der Waals surface area contributed by atoms with Gasteiger partial charge in [-0.3, -0.25) is 4.98 Å². The minimum absolute atomic E-state index is 0.183. The first-order valence-corrected chi connectivity index (χ1v) is 11.7. The van der Waals surface area contributed by atoms with Crippen molar-refractivity contribution in [3.05, 3.63) is 89.7 Å². The molecular formula is C28H25N3O3. The van der Waals surface area contributed by atoms with Gasteiger partial charge in [-0.05, 0) is 60.6 Å². The van der Waals surface area contributed by atoms with E-state index in [4.69, 9.17) is 9.15 Å². The molecule has 6 heteroatoms. The van der Waals surface area contributed by atoms with Gasteiger partial charge < -0.3 is 14.1 Å². The number of rotatable bonds is 3. The number of nitrogens with zero attached hydrogens (tertiary/aromatic N) is 3. The first-order valence-electron chi connectivity index (χ1n) is 11.7. The molecule has 0 unspecified atom stereocenters. The van der Waals surface area contributed by atoms with Gasteiger partial charge in [-0.15, -0.1) is 0 Å². The fourth-order valence-corrected chi connectivity index (χ4v) is 4.98. The highest BCUT2D eigenvalue weighted by Crippen LogP contribution is 2.43. The maximum absolute atomic E-state index is 12.5. The molecule has 0 saturated carbocycles. The predicted octanol–water partition coefficient (Wildman–Crippen LogP) is 5.99. The third kappa shape index (κ3) is 3.75. The van der Waals surface area contributed by atoms with Crippen LogP contribution in [0.15, 0.2) is 71.4 Å². The molecule has 0 bridgehead atoms. The van der Waals surface area contributed by atoms with Crippen LogP contribution in [0.5, 0.6) is 5.75 Å². The molecular weight excluding hydrogens is 426 g/mol. The Morgan fingerprint density at radius 1 is 0.941 bits per heavy atom. The number of hydrogen-bond donors (Lipinski definition) is 0. The number of likely N-dealkylation sites (tertiary alicyclic amines) is 1. The van der Waals surface area contributed by atoms with E-state index in [1.165, 1.54) is 22.3 Å². The third-order valence-electron chi connectivity index (χ3n) is 6.80. The largest absolute Gasteiger partial charge is 0.440 e. The Balaban J connectivity index is 1.15. The summed E-state index contributed by atoms with van der Waals surface area (Å²) in [6, 6.07) is 18.6. The van der Waals surface area contributed by atoms with Crippen LogP contribution in [-0.4, -0.2) is 34.1 Å². The van der Waals surface area contributed by atoms with Crippen LogP contribution in [0.2, 0.25) is 0 Å². The first-order chi connectivity index (χ1) is 16.7. The lowest BCUT2D eigenvalue weighted by molar-refractivity contribution is 0.136. The van der Waals surface area contributed by atoms with Crippen LogP contribution in [0.25, 0.3) is 22.5 Å². The minimum Gasteiger partial charge on any atom is -0.440 e. The smallest absolute Gasteiger partial charge is 0.415 e. The van der Waals surface area contributed by atoms with Gasteiger partial charge in [0.05, 0.1) is 12.4 Å². The number of aryl methyl sites for hydroxylation is 1. The molecule has 0 atom stereocenters. The molecule has 2 aliphatic rings. The number of ether oxygens (including phenoxy) is 1. The number of fused-ring (bicyclic) bond motifs is 3. The summed E-state index contributed by atoms with van der Waals surface area (Å²) in [6.45, 7) is 3.11. The maximum Gasteiger partial charge on any atom is 0.415 e. The highest BCUT2D eigenvalue weighted by molar-refractivity contribution is 5.88. The molecule has 0 radical (unpaired) electrons. The highest BCUT2D eigenvalue weighted by atomic mass is 16.6. The summed E-state index contributed by atoms with van der Waals surface area (Å²) in [4.78, 5) is 23.1. The van der Waals surface area contributed by atoms with Crippen LogP contribution in [0.3, 0.4) is 0 Å². The van der Waals surface area contributed by atoms with Gasteiger partial charge in [0.25, 0.3) is 0 Å². The van der Waals surface area contributed by atoms with E-state index < -0.39 is 0 Å². The lowest BCUT2D eigenvalue weighted by Gasteiger charge is -2.29. The molecule has 170 valence electrons. The Morgan fingerprint density at radius 3 is 2.56 bits per heavy atom. The zero-order valence-electron chi connectivity index (χ0n) is 19.0. The third-order valence-corrected chi connectivity index (χ3v) is 6.80. The molecule has 0 N–H and O–H groups in total. The molecule has 6 nitrogen and oxygen atoms in total. The zero-order valence-corrected chi connectivity index (χ0v) is 19.0. The fourth-order valence-electron chi connectivity index (χ4n) is 4.98. The van der Waals surface area contributed by atoms with Crippen molar-refractivity contribution < 1.29 is 13.9 Å². The lowest BCUT2D eigenvalue weighted by atomic mass is 9.97. The second-order valence-corrected chi connectivity index (χ2v) is 9.00. The molecule has 3 heterocycles. The fraction of sp³-hybridized carbons (Fsp3) is 0.250. The van der Waals surface area contributed by atoms with Gasteiger partial charge in [-0.1, -0.05) is 42.5 Å². The minimum atomic E-state index is -0.337. The maximum atomic E-state index is 12.5. The molecule has 1 saturated heterocycles. The van der Waals surface area contributed by atoms with Crippen LogP contribution >= 0.6 is 0 Å². The topological polar surface area (TPSA) is 68.5 Å². The van der Waals surface area contributed by atoms with Crippen molar-refractivity contribution in [3.8, 4) is 28.2 Å². The van der Waals surface area contributed by atoms with Gasteiger partial charge >= 0.3 is 6.09 Å². The summed E-state index contributed by atoms with van der Waals surface area (Å²) >= 11 is 0. The van der Waals surface area contributed by atoms with Crippen molar-refractivity contribution in [2.75, 3.05) is 13.1 Å². The predicted molar refractivity (Wildman–Crippen MR) is 129 cm³/mol. The SMILES string of the molecule is Cc1ccc(OC(=O)N2CCC(c3ncc(-c4cccc5c4-c4ccccc4C5)o3)CC2)cn1. The van der Waals surface area contributed by atoms with E-state index in [0.29, 0.717) is 18.8 Å². The number of hydrogen-bond acceptors (Lipinski definition) is 5. The van der Waals surface area contributed by atoms with Crippen LogP contribution in [-0.2, 0) is 6.42 Å². The van der Waals surface area contributed by atoms with Gasteiger partial charge in [0.2, 0.25) is 0 Å².